The maximum absolute atomic E-state index is 13.5. The maximum Gasteiger partial charge on any atom is 0.258 e. The molecule has 27 heavy (non-hydrogen) atoms. The maximum atomic E-state index is 13.5. The molecule has 0 unspecified atom stereocenters. The van der Waals surface area contributed by atoms with Crippen LogP contribution in [0.25, 0.3) is 0 Å². The van der Waals surface area contributed by atoms with Gasteiger partial charge in [-0.3, -0.25) is 9.59 Å². The second kappa shape index (κ2) is 10.3. The fourth-order valence-corrected chi connectivity index (χ4v) is 2.39. The van der Waals surface area contributed by atoms with E-state index in [1.165, 1.54) is 5.56 Å². The van der Waals surface area contributed by atoms with Gasteiger partial charge in [0.25, 0.3) is 11.8 Å². The molecular weight excluding hydrogens is 354 g/mol. The molecule has 0 aliphatic heterocycles. The van der Waals surface area contributed by atoms with Crippen molar-refractivity contribution in [2.75, 3.05) is 19.7 Å². The molecule has 2 amide bonds. The molecule has 2 rings (SSSR count). The third kappa shape index (κ3) is 6.69. The Hall–Kier alpha value is -2.96. The minimum absolute atomic E-state index is 0.104. The molecule has 0 fully saturated rings. The van der Waals surface area contributed by atoms with Gasteiger partial charge in [-0.1, -0.05) is 25.5 Å². The van der Waals surface area contributed by atoms with Crippen molar-refractivity contribution in [2.24, 2.45) is 0 Å². The van der Waals surface area contributed by atoms with E-state index in [4.69, 9.17) is 4.74 Å². The van der Waals surface area contributed by atoms with Crippen LogP contribution in [0.15, 0.2) is 42.5 Å². The van der Waals surface area contributed by atoms with Gasteiger partial charge in [0.15, 0.2) is 6.61 Å². The summed E-state index contributed by atoms with van der Waals surface area (Å²) in [5.41, 5.74) is 0.959. The lowest BCUT2D eigenvalue weighted by atomic mass is 10.1. The summed E-state index contributed by atoms with van der Waals surface area (Å²) in [5.74, 6) is -2.10. The molecule has 2 aromatic carbocycles. The summed E-state index contributed by atoms with van der Waals surface area (Å²) in [6, 6.07) is 10.3. The minimum atomic E-state index is -0.935. The number of aryl methyl sites for hydroxylation is 1. The van der Waals surface area contributed by atoms with Crippen LogP contribution in [-0.2, 0) is 11.2 Å². The van der Waals surface area contributed by atoms with Crippen molar-refractivity contribution in [3.05, 3.63) is 65.2 Å². The lowest BCUT2D eigenvalue weighted by Gasteiger charge is -2.09. The molecule has 7 heteroatoms. The number of nitrogens with one attached hydrogen (secondary N) is 2. The van der Waals surface area contributed by atoms with Crippen molar-refractivity contribution in [1.82, 2.24) is 10.6 Å². The van der Waals surface area contributed by atoms with Gasteiger partial charge in [0.1, 0.15) is 17.4 Å². The predicted octanol–water partition coefficient (Wildman–Crippen LogP) is 2.84. The Labute approximate surface area is 156 Å². The summed E-state index contributed by atoms with van der Waals surface area (Å²) in [5, 5.41) is 5.03. The molecule has 5 nitrogen and oxygen atoms in total. The van der Waals surface area contributed by atoms with Crippen LogP contribution in [0.2, 0.25) is 0 Å². The first-order chi connectivity index (χ1) is 13.0. The quantitative estimate of drug-likeness (QED) is 0.662. The minimum Gasteiger partial charge on any atom is -0.484 e. The van der Waals surface area contributed by atoms with Crippen LogP contribution in [-0.4, -0.2) is 31.5 Å². The Balaban J connectivity index is 1.66. The van der Waals surface area contributed by atoms with E-state index < -0.39 is 17.5 Å². The molecule has 0 radical (unpaired) electrons. The van der Waals surface area contributed by atoms with Gasteiger partial charge in [-0.15, -0.1) is 0 Å². The van der Waals surface area contributed by atoms with Crippen molar-refractivity contribution >= 4 is 11.8 Å². The third-order valence-corrected chi connectivity index (χ3v) is 3.74. The number of hydrogen-bond donors (Lipinski definition) is 2. The lowest BCUT2D eigenvalue weighted by molar-refractivity contribution is -0.123. The number of carbonyl (C=O) groups is 2. The van der Waals surface area contributed by atoms with Crippen molar-refractivity contribution in [2.45, 2.75) is 19.8 Å². The Bertz CT molecular complexity index is 779. The monoisotopic (exact) mass is 376 g/mol. The zero-order chi connectivity index (χ0) is 19.6. The van der Waals surface area contributed by atoms with Gasteiger partial charge < -0.3 is 15.4 Å². The first-order valence-corrected chi connectivity index (χ1v) is 8.71. The highest BCUT2D eigenvalue weighted by Gasteiger charge is 2.12. The van der Waals surface area contributed by atoms with Gasteiger partial charge >= 0.3 is 0 Å². The van der Waals surface area contributed by atoms with Crippen LogP contribution in [0.4, 0.5) is 8.78 Å². The number of carbonyl (C=O) groups excluding carboxylic acids is 2. The normalized spacial score (nSPS) is 10.3. The van der Waals surface area contributed by atoms with Gasteiger partial charge in [0, 0.05) is 19.2 Å². The van der Waals surface area contributed by atoms with E-state index in [-0.39, 0.29) is 31.2 Å². The highest BCUT2D eigenvalue weighted by Crippen LogP contribution is 2.13. The molecule has 0 heterocycles. The molecule has 0 aliphatic carbocycles. The zero-order valence-corrected chi connectivity index (χ0v) is 15.1. The summed E-state index contributed by atoms with van der Waals surface area (Å²) in [6.45, 7) is 2.22. The molecule has 0 spiro atoms. The van der Waals surface area contributed by atoms with Gasteiger partial charge in [0.2, 0.25) is 0 Å². The molecule has 0 saturated carbocycles. The average Bonchev–Trinajstić information content (AvgIpc) is 2.65. The molecule has 0 aromatic heterocycles. The van der Waals surface area contributed by atoms with Crippen molar-refractivity contribution in [1.29, 1.82) is 0 Å². The molecular formula is C20H22F2N2O3. The Morgan fingerprint density at radius 2 is 1.70 bits per heavy atom. The Morgan fingerprint density at radius 3 is 2.37 bits per heavy atom. The standard InChI is InChI=1S/C20H22F2N2O3/c1-2-3-14-4-7-16(8-5-14)27-13-19(25)23-10-11-24-20(26)17-9-6-15(21)12-18(17)22/h4-9,12H,2-3,10-11,13H2,1H3,(H,23,25)(H,24,26). The largest absolute Gasteiger partial charge is 0.484 e. The van der Waals surface area contributed by atoms with Crippen LogP contribution in [0.1, 0.15) is 29.3 Å². The van der Waals surface area contributed by atoms with Crippen LogP contribution in [0.5, 0.6) is 5.75 Å². The highest BCUT2D eigenvalue weighted by molar-refractivity contribution is 5.94. The molecule has 0 atom stereocenters. The van der Waals surface area contributed by atoms with Crippen LogP contribution >= 0.6 is 0 Å². The van der Waals surface area contributed by atoms with Crippen LogP contribution in [0, 0.1) is 11.6 Å². The molecule has 2 N–H and O–H groups in total. The Kier molecular flexibility index (Phi) is 7.73. The van der Waals surface area contributed by atoms with Gasteiger partial charge in [0.05, 0.1) is 5.56 Å². The molecule has 0 saturated heterocycles. The summed E-state index contributed by atoms with van der Waals surface area (Å²) >= 11 is 0. The van der Waals surface area contributed by atoms with Gasteiger partial charge in [-0.05, 0) is 36.2 Å². The van der Waals surface area contributed by atoms with Gasteiger partial charge in [-0.2, -0.15) is 0 Å². The van der Waals surface area contributed by atoms with Crippen molar-refractivity contribution in [3.8, 4) is 5.75 Å². The molecule has 0 bridgehead atoms. The second-order valence-corrected chi connectivity index (χ2v) is 5.91. The van der Waals surface area contributed by atoms with Crippen molar-refractivity contribution in [3.63, 3.8) is 0 Å². The van der Waals surface area contributed by atoms with E-state index in [1.807, 2.05) is 24.3 Å². The SMILES string of the molecule is CCCc1ccc(OCC(=O)NCCNC(=O)c2ccc(F)cc2F)cc1. The number of amides is 2. The predicted molar refractivity (Wildman–Crippen MR) is 97.6 cm³/mol. The smallest absolute Gasteiger partial charge is 0.258 e. The zero-order valence-electron chi connectivity index (χ0n) is 15.1. The number of halogens is 2. The summed E-state index contributed by atoms with van der Waals surface area (Å²) in [6.07, 6.45) is 2.06. The third-order valence-electron chi connectivity index (χ3n) is 3.74. The average molecular weight is 376 g/mol. The molecule has 144 valence electrons. The van der Waals surface area contributed by atoms with E-state index in [0.29, 0.717) is 11.8 Å². The fraction of sp³-hybridized carbons (Fsp3) is 0.300. The Morgan fingerprint density at radius 1 is 1.00 bits per heavy atom. The summed E-state index contributed by atoms with van der Waals surface area (Å²) in [7, 11) is 0. The number of ether oxygens (including phenoxy) is 1. The highest BCUT2D eigenvalue weighted by atomic mass is 19.1. The van der Waals surface area contributed by atoms with Crippen molar-refractivity contribution < 1.29 is 23.1 Å². The van der Waals surface area contributed by atoms with Gasteiger partial charge in [-0.25, -0.2) is 8.78 Å². The topological polar surface area (TPSA) is 67.4 Å². The lowest BCUT2D eigenvalue weighted by Crippen LogP contribution is -2.37. The first-order valence-electron chi connectivity index (χ1n) is 8.71. The van der Waals surface area contributed by atoms with E-state index in [2.05, 4.69) is 17.6 Å². The van der Waals surface area contributed by atoms with E-state index in [1.54, 1.807) is 0 Å². The summed E-state index contributed by atoms with van der Waals surface area (Å²) in [4.78, 5) is 23.5. The van der Waals surface area contributed by atoms with Crippen LogP contribution in [0.3, 0.4) is 0 Å². The second-order valence-electron chi connectivity index (χ2n) is 5.91. The van der Waals surface area contributed by atoms with E-state index in [9.17, 15) is 18.4 Å². The van der Waals surface area contributed by atoms with Crippen LogP contribution < -0.4 is 15.4 Å². The number of benzene rings is 2. The van der Waals surface area contributed by atoms with E-state index >= 15 is 0 Å². The molecule has 2 aromatic rings. The summed E-state index contributed by atoms with van der Waals surface area (Å²) < 4.78 is 31.7. The fourth-order valence-electron chi connectivity index (χ4n) is 2.39. The van der Waals surface area contributed by atoms with E-state index in [0.717, 1.165) is 25.0 Å². The number of rotatable bonds is 9. The first kappa shape index (κ1) is 20.4. The number of hydrogen-bond acceptors (Lipinski definition) is 3. The molecule has 0 aliphatic rings.